The Morgan fingerprint density at radius 3 is 2.38 bits per heavy atom. The number of nitrogens with zero attached hydrogens (tertiary/aromatic N) is 1. The molecule has 2 aliphatic heterocycles. The quantitative estimate of drug-likeness (QED) is 0.441. The molecule has 0 spiro atoms. The minimum absolute atomic E-state index is 0.187. The second-order valence-corrected chi connectivity index (χ2v) is 5.84. The summed E-state index contributed by atoms with van der Waals surface area (Å²) in [7, 11) is 0. The molecule has 2 rings (SSSR count). The van der Waals surface area contributed by atoms with Crippen LogP contribution in [0, 0.1) is 0 Å². The number of ether oxygens (including phenoxy) is 4. The van der Waals surface area contributed by atoms with Crippen molar-refractivity contribution in [2.24, 2.45) is 4.99 Å². The summed E-state index contributed by atoms with van der Waals surface area (Å²) in [6, 6.07) is -0.596. The van der Waals surface area contributed by atoms with E-state index in [0.717, 1.165) is 0 Å². The molecule has 26 heavy (non-hydrogen) atoms. The third kappa shape index (κ3) is 4.91. The number of guanidine groups is 1. The maximum Gasteiger partial charge on any atom is 0.303 e. The van der Waals surface area contributed by atoms with E-state index < -0.39 is 48.5 Å². The van der Waals surface area contributed by atoms with E-state index >= 15 is 0 Å². The Morgan fingerprint density at radius 1 is 1.15 bits per heavy atom. The van der Waals surface area contributed by atoms with Gasteiger partial charge in [-0.3, -0.25) is 24.5 Å². The summed E-state index contributed by atoms with van der Waals surface area (Å²) < 4.78 is 21.2. The van der Waals surface area contributed by atoms with Crippen LogP contribution in [-0.4, -0.2) is 67.0 Å². The maximum atomic E-state index is 11.5. The summed E-state index contributed by atoms with van der Waals surface area (Å²) >= 11 is 0. The van der Waals surface area contributed by atoms with E-state index in [2.05, 4.69) is 15.6 Å². The fraction of sp³-hybridized carbons (Fsp3) is 0.667. The SMILES string of the molecule is CC(=O)NC1=N[C@H]2O[C@H](C(COC(C)=O)OC(C)=O)[C@H](OC(C)=O)[C@H]2N1. The average Bonchev–Trinajstić information content (AvgIpc) is 3.00. The fourth-order valence-corrected chi connectivity index (χ4v) is 2.75. The molecule has 1 unspecified atom stereocenters. The van der Waals surface area contributed by atoms with Crippen molar-refractivity contribution in [3.63, 3.8) is 0 Å². The molecular formula is C15H21N3O8. The Bertz CT molecular complexity index is 634. The number of fused-ring (bicyclic) bond motifs is 1. The maximum absolute atomic E-state index is 11.5. The fourth-order valence-electron chi connectivity index (χ4n) is 2.75. The lowest BCUT2D eigenvalue weighted by molar-refractivity contribution is -0.174. The molecule has 1 amide bonds. The summed E-state index contributed by atoms with van der Waals surface area (Å²) in [5.41, 5.74) is 0. The topological polar surface area (TPSA) is 142 Å². The van der Waals surface area contributed by atoms with Crippen LogP contribution in [0.4, 0.5) is 0 Å². The van der Waals surface area contributed by atoms with Gasteiger partial charge in [0.05, 0.1) is 0 Å². The minimum Gasteiger partial charge on any atom is -0.462 e. The Morgan fingerprint density at radius 2 is 1.85 bits per heavy atom. The first kappa shape index (κ1) is 19.6. The third-order valence-electron chi connectivity index (χ3n) is 3.57. The van der Waals surface area contributed by atoms with Crippen molar-refractivity contribution < 1.29 is 38.1 Å². The number of hydrogen-bond donors (Lipinski definition) is 2. The molecule has 1 fully saturated rings. The van der Waals surface area contributed by atoms with E-state index in [-0.39, 0.29) is 18.5 Å². The zero-order valence-corrected chi connectivity index (χ0v) is 14.8. The summed E-state index contributed by atoms with van der Waals surface area (Å²) in [4.78, 5) is 49.3. The van der Waals surface area contributed by atoms with Crippen LogP contribution in [0.25, 0.3) is 0 Å². The van der Waals surface area contributed by atoms with E-state index in [1.807, 2.05) is 0 Å². The number of aliphatic imine (C=N–C) groups is 1. The Kier molecular flexibility index (Phi) is 6.14. The molecule has 2 heterocycles. The zero-order chi connectivity index (χ0) is 19.4. The predicted molar refractivity (Wildman–Crippen MR) is 84.6 cm³/mol. The van der Waals surface area contributed by atoms with Crippen LogP contribution in [0.5, 0.6) is 0 Å². The molecule has 11 nitrogen and oxygen atoms in total. The van der Waals surface area contributed by atoms with Gasteiger partial charge in [0.25, 0.3) is 0 Å². The number of esters is 3. The molecule has 144 valence electrons. The molecule has 0 aromatic carbocycles. The molecule has 1 saturated heterocycles. The largest absolute Gasteiger partial charge is 0.462 e. The third-order valence-corrected chi connectivity index (χ3v) is 3.57. The molecular weight excluding hydrogens is 350 g/mol. The molecule has 5 atom stereocenters. The summed E-state index contributed by atoms with van der Waals surface area (Å²) in [6.45, 7) is 4.69. The minimum atomic E-state index is -0.993. The van der Waals surface area contributed by atoms with Gasteiger partial charge in [0.15, 0.2) is 18.4 Å². The van der Waals surface area contributed by atoms with Gasteiger partial charge in [0.2, 0.25) is 11.9 Å². The summed E-state index contributed by atoms with van der Waals surface area (Å²) in [5.74, 6) is -1.89. The molecule has 0 aromatic rings. The number of rotatable bonds is 5. The van der Waals surface area contributed by atoms with E-state index in [9.17, 15) is 19.2 Å². The van der Waals surface area contributed by atoms with Crippen LogP contribution < -0.4 is 10.6 Å². The molecule has 0 saturated carbocycles. The molecule has 0 bridgehead atoms. The van der Waals surface area contributed by atoms with Crippen molar-refractivity contribution in [2.75, 3.05) is 6.61 Å². The second-order valence-electron chi connectivity index (χ2n) is 5.84. The van der Waals surface area contributed by atoms with Gasteiger partial charge in [0.1, 0.15) is 18.8 Å². The summed E-state index contributed by atoms with van der Waals surface area (Å²) in [5, 5.41) is 5.40. The van der Waals surface area contributed by atoms with Crippen LogP contribution in [-0.2, 0) is 38.1 Å². The molecule has 0 radical (unpaired) electrons. The Balaban J connectivity index is 2.20. The van der Waals surface area contributed by atoms with E-state index in [1.54, 1.807) is 0 Å². The number of hydrogen-bond acceptors (Lipinski definition) is 10. The van der Waals surface area contributed by atoms with Crippen LogP contribution in [0.15, 0.2) is 4.99 Å². The van der Waals surface area contributed by atoms with Gasteiger partial charge in [-0.25, -0.2) is 4.99 Å². The van der Waals surface area contributed by atoms with Crippen LogP contribution in [0.1, 0.15) is 27.7 Å². The first-order valence-electron chi connectivity index (χ1n) is 7.92. The predicted octanol–water partition coefficient (Wildman–Crippen LogP) is -1.40. The highest BCUT2D eigenvalue weighted by Crippen LogP contribution is 2.31. The smallest absolute Gasteiger partial charge is 0.303 e. The van der Waals surface area contributed by atoms with Crippen molar-refractivity contribution in [1.29, 1.82) is 0 Å². The van der Waals surface area contributed by atoms with Gasteiger partial charge in [0, 0.05) is 27.7 Å². The summed E-state index contributed by atoms with van der Waals surface area (Å²) in [6.07, 6.45) is -3.56. The van der Waals surface area contributed by atoms with Gasteiger partial charge >= 0.3 is 17.9 Å². The van der Waals surface area contributed by atoms with E-state index in [0.29, 0.717) is 0 Å². The Labute approximate surface area is 149 Å². The number of nitrogens with one attached hydrogen (secondary N) is 2. The highest BCUT2D eigenvalue weighted by atomic mass is 16.6. The monoisotopic (exact) mass is 371 g/mol. The number of amides is 1. The standard InChI is InChI=1S/C15H21N3O8/c1-6(19)16-15-17-11-13(25-9(4)22)12(26-14(11)18-15)10(24-8(3)21)5-23-7(2)20/h10-14H,5H2,1-4H3,(H2,16,17,18,19)/t10?,11-,12-,13-,14+/m1/s1. The highest BCUT2D eigenvalue weighted by Gasteiger charge is 2.54. The van der Waals surface area contributed by atoms with Crippen molar-refractivity contribution in [1.82, 2.24) is 10.6 Å². The Hall–Kier alpha value is -2.69. The number of carbonyl (C=O) groups excluding carboxylic acids is 4. The van der Waals surface area contributed by atoms with Crippen molar-refractivity contribution in [2.45, 2.75) is 58.3 Å². The van der Waals surface area contributed by atoms with Crippen LogP contribution in [0.3, 0.4) is 0 Å². The van der Waals surface area contributed by atoms with Crippen molar-refractivity contribution >= 4 is 29.8 Å². The first-order valence-corrected chi connectivity index (χ1v) is 7.92. The molecule has 2 aliphatic rings. The van der Waals surface area contributed by atoms with Gasteiger partial charge < -0.3 is 24.3 Å². The van der Waals surface area contributed by atoms with E-state index in [1.165, 1.54) is 27.7 Å². The van der Waals surface area contributed by atoms with Gasteiger partial charge in [-0.2, -0.15) is 0 Å². The van der Waals surface area contributed by atoms with Gasteiger partial charge in [-0.05, 0) is 0 Å². The van der Waals surface area contributed by atoms with Crippen molar-refractivity contribution in [3.05, 3.63) is 0 Å². The van der Waals surface area contributed by atoms with E-state index in [4.69, 9.17) is 18.9 Å². The number of carbonyl (C=O) groups is 4. The lowest BCUT2D eigenvalue weighted by Gasteiger charge is -2.28. The van der Waals surface area contributed by atoms with Gasteiger partial charge in [-0.1, -0.05) is 0 Å². The zero-order valence-electron chi connectivity index (χ0n) is 14.8. The lowest BCUT2D eigenvalue weighted by atomic mass is 10.0. The van der Waals surface area contributed by atoms with Gasteiger partial charge in [-0.15, -0.1) is 0 Å². The van der Waals surface area contributed by atoms with Crippen LogP contribution >= 0.6 is 0 Å². The lowest BCUT2D eigenvalue weighted by Crippen LogP contribution is -2.51. The average molecular weight is 371 g/mol. The molecule has 0 aliphatic carbocycles. The molecule has 2 N–H and O–H groups in total. The highest BCUT2D eigenvalue weighted by molar-refractivity contribution is 5.97. The van der Waals surface area contributed by atoms with Crippen molar-refractivity contribution in [3.8, 4) is 0 Å². The normalized spacial score (nSPS) is 27.5. The van der Waals surface area contributed by atoms with Crippen LogP contribution in [0.2, 0.25) is 0 Å². The molecule has 0 aromatic heterocycles. The molecule has 11 heteroatoms. The second kappa shape index (κ2) is 8.13. The first-order chi connectivity index (χ1) is 12.2.